The number of benzene rings is 2. The minimum absolute atomic E-state index is 0.299. The molecule has 0 fully saturated rings. The highest BCUT2D eigenvalue weighted by atomic mass is 19.1. The van der Waals surface area contributed by atoms with Crippen molar-refractivity contribution in [2.24, 2.45) is 0 Å². The fraction of sp³-hybridized carbons (Fsp3) is 0.0500. The van der Waals surface area contributed by atoms with Crippen LogP contribution < -0.4 is 5.32 Å². The first kappa shape index (κ1) is 15.5. The van der Waals surface area contributed by atoms with Crippen molar-refractivity contribution in [3.05, 3.63) is 78.5 Å². The molecule has 0 unspecified atom stereocenters. The van der Waals surface area contributed by atoms with E-state index < -0.39 is 0 Å². The van der Waals surface area contributed by atoms with Gasteiger partial charge in [-0.25, -0.2) is 13.8 Å². The molecule has 0 amide bonds. The van der Waals surface area contributed by atoms with Gasteiger partial charge in [-0.3, -0.25) is 0 Å². The Hall–Kier alpha value is -3.74. The number of nitrogens with zero attached hydrogens (tertiary/aromatic N) is 4. The van der Waals surface area contributed by atoms with Gasteiger partial charge in [-0.1, -0.05) is 12.1 Å². The topological polar surface area (TPSA) is 68.2 Å². The summed E-state index contributed by atoms with van der Waals surface area (Å²) in [6.45, 7) is 0.467. The Bertz CT molecular complexity index is 1230. The van der Waals surface area contributed by atoms with Crippen LogP contribution in [0, 0.1) is 5.82 Å². The normalized spacial score (nSPS) is 11.3. The van der Waals surface area contributed by atoms with Gasteiger partial charge in [0, 0.05) is 10.9 Å². The zero-order valence-electron chi connectivity index (χ0n) is 14.1. The lowest BCUT2D eigenvalue weighted by Gasteiger charge is -2.10. The monoisotopic (exact) mass is 359 g/mol. The van der Waals surface area contributed by atoms with Crippen LogP contribution in [0.25, 0.3) is 27.9 Å². The lowest BCUT2D eigenvalue weighted by Crippen LogP contribution is -2.07. The predicted octanol–water partition coefficient (Wildman–Crippen LogP) is 4.29. The number of halogens is 1. The third-order valence-electron chi connectivity index (χ3n) is 4.35. The van der Waals surface area contributed by atoms with E-state index in [-0.39, 0.29) is 5.82 Å². The molecule has 0 spiro atoms. The van der Waals surface area contributed by atoms with E-state index in [1.807, 2.05) is 40.8 Å². The van der Waals surface area contributed by atoms with Crippen molar-refractivity contribution < 1.29 is 8.81 Å². The molecular weight excluding hydrogens is 345 g/mol. The van der Waals surface area contributed by atoms with Crippen molar-refractivity contribution >= 4 is 22.5 Å². The maximum atomic E-state index is 13.3. The molecule has 132 valence electrons. The van der Waals surface area contributed by atoms with Gasteiger partial charge in [0.1, 0.15) is 11.6 Å². The highest BCUT2D eigenvalue weighted by molar-refractivity contribution is 5.93. The molecule has 5 aromatic rings. The Morgan fingerprint density at radius 3 is 2.63 bits per heavy atom. The summed E-state index contributed by atoms with van der Waals surface area (Å²) in [4.78, 5) is 4.73. The van der Waals surface area contributed by atoms with Crippen LogP contribution in [-0.2, 0) is 6.54 Å². The van der Waals surface area contributed by atoms with Crippen LogP contribution in [0.4, 0.5) is 10.3 Å². The van der Waals surface area contributed by atoms with Gasteiger partial charge >= 0.3 is 0 Å². The van der Waals surface area contributed by atoms with Crippen LogP contribution in [0.5, 0.6) is 0 Å². The van der Waals surface area contributed by atoms with E-state index in [2.05, 4.69) is 15.5 Å². The van der Waals surface area contributed by atoms with Crippen molar-refractivity contribution in [3.63, 3.8) is 0 Å². The van der Waals surface area contributed by atoms with Gasteiger partial charge in [-0.15, -0.1) is 10.2 Å². The van der Waals surface area contributed by atoms with Crippen molar-refractivity contribution in [1.29, 1.82) is 0 Å². The van der Waals surface area contributed by atoms with E-state index in [4.69, 9.17) is 9.40 Å². The van der Waals surface area contributed by atoms with Crippen molar-refractivity contribution in [3.8, 4) is 11.4 Å². The molecule has 2 aromatic carbocycles. The van der Waals surface area contributed by atoms with E-state index in [1.165, 1.54) is 12.1 Å². The van der Waals surface area contributed by atoms with Crippen LogP contribution in [-0.4, -0.2) is 19.6 Å². The molecule has 6 nitrogen and oxygen atoms in total. The quantitative estimate of drug-likeness (QED) is 0.518. The van der Waals surface area contributed by atoms with Crippen LogP contribution in [0.3, 0.4) is 0 Å². The fourth-order valence-corrected chi connectivity index (χ4v) is 3.07. The molecule has 5 rings (SSSR count). The Morgan fingerprint density at radius 2 is 1.81 bits per heavy atom. The van der Waals surface area contributed by atoms with Gasteiger partial charge in [0.25, 0.3) is 0 Å². The Balaban J connectivity index is 1.71. The number of fused-ring (bicyclic) bond motifs is 3. The molecule has 27 heavy (non-hydrogen) atoms. The summed E-state index contributed by atoms with van der Waals surface area (Å²) < 4.78 is 20.6. The first-order chi connectivity index (χ1) is 13.3. The second-order valence-electron chi connectivity index (χ2n) is 6.07. The second-order valence-corrected chi connectivity index (χ2v) is 6.07. The predicted molar refractivity (Wildman–Crippen MR) is 99.7 cm³/mol. The third-order valence-corrected chi connectivity index (χ3v) is 4.35. The lowest BCUT2D eigenvalue weighted by molar-refractivity contribution is 0.517. The van der Waals surface area contributed by atoms with E-state index in [0.717, 1.165) is 22.2 Å². The zero-order chi connectivity index (χ0) is 18.2. The highest BCUT2D eigenvalue weighted by Crippen LogP contribution is 2.27. The fourth-order valence-electron chi connectivity index (χ4n) is 3.07. The first-order valence-electron chi connectivity index (χ1n) is 8.46. The van der Waals surface area contributed by atoms with Gasteiger partial charge < -0.3 is 9.73 Å². The van der Waals surface area contributed by atoms with E-state index in [1.54, 1.807) is 18.4 Å². The largest absolute Gasteiger partial charge is 0.467 e. The molecule has 0 saturated heterocycles. The van der Waals surface area contributed by atoms with Crippen LogP contribution in [0.2, 0.25) is 0 Å². The number of rotatable bonds is 4. The van der Waals surface area contributed by atoms with Crippen LogP contribution in [0.1, 0.15) is 5.76 Å². The van der Waals surface area contributed by atoms with Crippen molar-refractivity contribution in [2.75, 3.05) is 5.32 Å². The standard InChI is InChI=1S/C20H14FN5O/c21-14-9-7-13(8-10-14)18-24-25-19-16-5-1-2-6-17(16)23-20(26(18)19)22-12-15-4-3-11-27-15/h1-11H,12H2,(H,22,23). The first-order valence-corrected chi connectivity index (χ1v) is 8.46. The summed E-state index contributed by atoms with van der Waals surface area (Å²) in [5, 5.41) is 12.9. The summed E-state index contributed by atoms with van der Waals surface area (Å²) in [5.74, 6) is 1.66. The van der Waals surface area contributed by atoms with Crippen LogP contribution >= 0.6 is 0 Å². The Labute approximate surface area is 153 Å². The molecule has 3 aromatic heterocycles. The molecule has 0 aliphatic carbocycles. The zero-order valence-corrected chi connectivity index (χ0v) is 14.1. The minimum Gasteiger partial charge on any atom is -0.467 e. The Kier molecular flexibility index (Phi) is 3.57. The highest BCUT2D eigenvalue weighted by Gasteiger charge is 2.16. The number of anilines is 1. The number of furan rings is 1. The van der Waals surface area contributed by atoms with E-state index >= 15 is 0 Å². The average Bonchev–Trinajstić information content (AvgIpc) is 3.37. The number of aromatic nitrogens is 4. The second kappa shape index (κ2) is 6.21. The van der Waals surface area contributed by atoms with E-state index in [9.17, 15) is 4.39 Å². The summed E-state index contributed by atoms with van der Waals surface area (Å²) in [6.07, 6.45) is 1.63. The van der Waals surface area contributed by atoms with Gasteiger partial charge in [0.2, 0.25) is 5.95 Å². The maximum Gasteiger partial charge on any atom is 0.211 e. The molecule has 7 heteroatoms. The lowest BCUT2D eigenvalue weighted by atomic mass is 10.2. The molecule has 0 radical (unpaired) electrons. The molecular formula is C20H14FN5O. The third kappa shape index (κ3) is 2.69. The molecule has 0 aliphatic rings. The van der Waals surface area contributed by atoms with Gasteiger partial charge in [0.05, 0.1) is 18.3 Å². The Morgan fingerprint density at radius 1 is 0.963 bits per heavy atom. The molecule has 1 N–H and O–H groups in total. The summed E-state index contributed by atoms with van der Waals surface area (Å²) >= 11 is 0. The number of hydrogen-bond acceptors (Lipinski definition) is 5. The maximum absolute atomic E-state index is 13.3. The molecule has 0 bridgehead atoms. The van der Waals surface area contributed by atoms with Crippen molar-refractivity contribution in [2.45, 2.75) is 6.54 Å². The molecule has 0 saturated carbocycles. The minimum atomic E-state index is -0.299. The van der Waals surface area contributed by atoms with Crippen LogP contribution in [0.15, 0.2) is 71.3 Å². The number of hydrogen-bond donors (Lipinski definition) is 1. The van der Waals surface area contributed by atoms with Gasteiger partial charge in [-0.05, 0) is 48.5 Å². The van der Waals surface area contributed by atoms with Crippen molar-refractivity contribution in [1.82, 2.24) is 19.6 Å². The number of para-hydroxylation sites is 1. The smallest absolute Gasteiger partial charge is 0.211 e. The molecule has 0 atom stereocenters. The molecule has 0 aliphatic heterocycles. The molecule has 3 heterocycles. The summed E-state index contributed by atoms with van der Waals surface area (Å²) in [6, 6.07) is 17.6. The van der Waals surface area contributed by atoms with Gasteiger partial charge in [0.15, 0.2) is 11.5 Å². The average molecular weight is 359 g/mol. The van der Waals surface area contributed by atoms with Gasteiger partial charge in [-0.2, -0.15) is 0 Å². The SMILES string of the molecule is Fc1ccc(-c2nnc3c4ccccc4nc(NCc4ccco4)n23)cc1. The summed E-state index contributed by atoms with van der Waals surface area (Å²) in [7, 11) is 0. The number of nitrogens with one attached hydrogen (secondary N) is 1. The summed E-state index contributed by atoms with van der Waals surface area (Å²) in [5.41, 5.74) is 2.24. The van der Waals surface area contributed by atoms with E-state index in [0.29, 0.717) is 24.0 Å².